The zero-order chi connectivity index (χ0) is 19.4. The molecule has 3 N–H and O–H groups in total. The predicted molar refractivity (Wildman–Crippen MR) is 100 cm³/mol. The fraction of sp³-hybridized carbons (Fsp3) is 0.158. The average molecular weight is 366 g/mol. The molecule has 138 valence electrons. The maximum Gasteiger partial charge on any atom is 0.359 e. The molecule has 8 nitrogen and oxygen atoms in total. The zero-order valence-corrected chi connectivity index (χ0v) is 14.6. The summed E-state index contributed by atoms with van der Waals surface area (Å²) < 4.78 is 5.31. The second-order valence-corrected chi connectivity index (χ2v) is 5.94. The first-order valence-corrected chi connectivity index (χ1v) is 8.25. The van der Waals surface area contributed by atoms with Gasteiger partial charge in [-0.25, -0.2) is 4.79 Å². The number of esters is 1. The summed E-state index contributed by atoms with van der Waals surface area (Å²) >= 11 is 0. The second-order valence-electron chi connectivity index (χ2n) is 5.94. The summed E-state index contributed by atoms with van der Waals surface area (Å²) in [5.41, 5.74) is 6.81. The zero-order valence-electron chi connectivity index (χ0n) is 14.6. The van der Waals surface area contributed by atoms with Gasteiger partial charge in [0, 0.05) is 19.0 Å². The van der Waals surface area contributed by atoms with Crippen molar-refractivity contribution in [1.82, 2.24) is 0 Å². The first-order valence-electron chi connectivity index (χ1n) is 8.25. The molecule has 0 radical (unpaired) electrons. The molecule has 0 aromatic heterocycles. The summed E-state index contributed by atoms with van der Waals surface area (Å²) in [5, 5.41) is 8.28. The standard InChI is InChI=1S/C19H18N4O4/c1-12(24)21-13-7-9-15(10-8-13)27-19(26)16-11-17(18(20)25)23(22-16)14-5-3-2-4-6-14/h2-10,17H,11H2,1H3,(H2,20,25)(H,21,24)/t17-/m0/s1. The molecule has 2 aromatic rings. The number of nitrogens with two attached hydrogens (primary N) is 1. The van der Waals surface area contributed by atoms with Crippen LogP contribution in [0.25, 0.3) is 0 Å². The largest absolute Gasteiger partial charge is 0.422 e. The number of ether oxygens (including phenoxy) is 1. The van der Waals surface area contributed by atoms with E-state index in [1.165, 1.54) is 11.9 Å². The number of benzene rings is 2. The van der Waals surface area contributed by atoms with Crippen molar-refractivity contribution in [2.75, 3.05) is 10.3 Å². The van der Waals surface area contributed by atoms with Crippen molar-refractivity contribution in [2.24, 2.45) is 10.8 Å². The Morgan fingerprint density at radius 3 is 2.37 bits per heavy atom. The van der Waals surface area contributed by atoms with E-state index in [0.717, 1.165) is 0 Å². The molecule has 0 saturated heterocycles. The number of hydrazone groups is 1. The van der Waals surface area contributed by atoms with Crippen molar-refractivity contribution in [3.05, 3.63) is 54.6 Å². The number of hydrogen-bond donors (Lipinski definition) is 2. The first kappa shape index (κ1) is 18.1. The number of hydrogen-bond acceptors (Lipinski definition) is 6. The third kappa shape index (κ3) is 4.30. The van der Waals surface area contributed by atoms with Crippen LogP contribution < -0.4 is 20.8 Å². The summed E-state index contributed by atoms with van der Waals surface area (Å²) in [6, 6.07) is 14.6. The van der Waals surface area contributed by atoms with Gasteiger partial charge in [-0.05, 0) is 36.4 Å². The summed E-state index contributed by atoms with van der Waals surface area (Å²) in [6.07, 6.45) is 0.0625. The molecule has 0 aliphatic carbocycles. The van der Waals surface area contributed by atoms with Gasteiger partial charge in [0.15, 0.2) is 0 Å². The Kier molecular flexibility index (Phi) is 5.16. The van der Waals surface area contributed by atoms with Gasteiger partial charge in [0.05, 0.1) is 5.69 Å². The molecular formula is C19H18N4O4. The van der Waals surface area contributed by atoms with E-state index in [0.29, 0.717) is 17.1 Å². The van der Waals surface area contributed by atoms with Gasteiger partial charge < -0.3 is 15.8 Å². The lowest BCUT2D eigenvalue weighted by molar-refractivity contribution is -0.127. The van der Waals surface area contributed by atoms with E-state index in [4.69, 9.17) is 10.5 Å². The van der Waals surface area contributed by atoms with Crippen molar-refractivity contribution in [3.8, 4) is 5.75 Å². The Hall–Kier alpha value is -3.68. The Bertz CT molecular complexity index is 894. The summed E-state index contributed by atoms with van der Waals surface area (Å²) in [4.78, 5) is 35.2. The molecule has 1 atom stereocenters. The molecule has 0 fully saturated rings. The van der Waals surface area contributed by atoms with Gasteiger partial charge in [-0.3, -0.25) is 14.6 Å². The average Bonchev–Trinajstić information content (AvgIpc) is 3.09. The van der Waals surface area contributed by atoms with Crippen molar-refractivity contribution >= 4 is 34.9 Å². The van der Waals surface area contributed by atoms with Gasteiger partial charge in [0.25, 0.3) is 0 Å². The van der Waals surface area contributed by atoms with E-state index in [-0.39, 0.29) is 18.0 Å². The van der Waals surface area contributed by atoms with Crippen LogP contribution in [-0.4, -0.2) is 29.5 Å². The Labute approximate surface area is 155 Å². The topological polar surface area (TPSA) is 114 Å². The Morgan fingerprint density at radius 1 is 1.11 bits per heavy atom. The van der Waals surface area contributed by atoms with Crippen LogP contribution in [0.5, 0.6) is 5.75 Å². The molecule has 0 unspecified atom stereocenters. The normalized spacial score (nSPS) is 15.8. The summed E-state index contributed by atoms with van der Waals surface area (Å²) in [6.45, 7) is 1.40. The molecule has 1 heterocycles. The van der Waals surface area contributed by atoms with Crippen molar-refractivity contribution in [2.45, 2.75) is 19.4 Å². The maximum atomic E-state index is 12.4. The van der Waals surface area contributed by atoms with E-state index >= 15 is 0 Å². The van der Waals surface area contributed by atoms with Gasteiger partial charge in [0.2, 0.25) is 11.8 Å². The first-order chi connectivity index (χ1) is 12.9. The van der Waals surface area contributed by atoms with E-state index in [2.05, 4.69) is 10.4 Å². The van der Waals surface area contributed by atoms with Crippen molar-refractivity contribution in [1.29, 1.82) is 0 Å². The minimum atomic E-state index is -0.753. The number of anilines is 2. The minimum Gasteiger partial charge on any atom is -0.422 e. The second kappa shape index (κ2) is 7.69. The number of carbonyl (C=O) groups excluding carboxylic acids is 3. The van der Waals surface area contributed by atoms with Crippen LogP contribution in [0.2, 0.25) is 0 Å². The lowest BCUT2D eigenvalue weighted by Crippen LogP contribution is -2.39. The van der Waals surface area contributed by atoms with Crippen LogP contribution in [0.4, 0.5) is 11.4 Å². The monoisotopic (exact) mass is 366 g/mol. The predicted octanol–water partition coefficient (Wildman–Crippen LogP) is 1.67. The molecular weight excluding hydrogens is 348 g/mol. The molecule has 1 aliphatic heterocycles. The molecule has 0 saturated carbocycles. The van der Waals surface area contributed by atoms with Crippen molar-refractivity contribution in [3.63, 3.8) is 0 Å². The number of nitrogens with zero attached hydrogens (tertiary/aromatic N) is 2. The third-order valence-corrected chi connectivity index (χ3v) is 3.88. The Balaban J connectivity index is 1.74. The fourth-order valence-electron chi connectivity index (χ4n) is 2.65. The smallest absolute Gasteiger partial charge is 0.359 e. The number of para-hydroxylation sites is 1. The van der Waals surface area contributed by atoms with Crippen LogP contribution in [-0.2, 0) is 14.4 Å². The van der Waals surface area contributed by atoms with Crippen molar-refractivity contribution < 1.29 is 19.1 Å². The van der Waals surface area contributed by atoms with Gasteiger partial charge in [-0.2, -0.15) is 5.10 Å². The van der Waals surface area contributed by atoms with E-state index in [1.54, 1.807) is 48.5 Å². The van der Waals surface area contributed by atoms with Gasteiger partial charge in [0.1, 0.15) is 17.5 Å². The maximum absolute atomic E-state index is 12.4. The number of rotatable bonds is 5. The van der Waals surface area contributed by atoms with Crippen LogP contribution >= 0.6 is 0 Å². The highest BCUT2D eigenvalue weighted by molar-refractivity contribution is 6.38. The summed E-state index contributed by atoms with van der Waals surface area (Å²) in [5.74, 6) is -1.14. The van der Waals surface area contributed by atoms with Crippen LogP contribution in [0.1, 0.15) is 13.3 Å². The molecule has 2 aromatic carbocycles. The molecule has 8 heteroatoms. The minimum absolute atomic E-state index is 0.0625. The molecule has 3 rings (SSSR count). The summed E-state index contributed by atoms with van der Waals surface area (Å²) in [7, 11) is 0. The highest BCUT2D eigenvalue weighted by Gasteiger charge is 2.35. The lowest BCUT2D eigenvalue weighted by Gasteiger charge is -2.20. The number of primary amides is 1. The highest BCUT2D eigenvalue weighted by atomic mass is 16.5. The lowest BCUT2D eigenvalue weighted by atomic mass is 10.1. The SMILES string of the molecule is CC(=O)Nc1ccc(OC(=O)C2=NN(c3ccccc3)[C@H](C(N)=O)C2)cc1. The quantitative estimate of drug-likeness (QED) is 0.617. The number of carbonyl (C=O) groups is 3. The molecule has 1 aliphatic rings. The van der Waals surface area contributed by atoms with Crippen LogP contribution in [0.15, 0.2) is 59.7 Å². The Morgan fingerprint density at radius 2 is 1.78 bits per heavy atom. The highest BCUT2D eigenvalue weighted by Crippen LogP contribution is 2.25. The third-order valence-electron chi connectivity index (χ3n) is 3.88. The van der Waals surface area contributed by atoms with Gasteiger partial charge >= 0.3 is 5.97 Å². The molecule has 27 heavy (non-hydrogen) atoms. The van der Waals surface area contributed by atoms with Crippen LogP contribution in [0, 0.1) is 0 Å². The number of amides is 2. The van der Waals surface area contributed by atoms with Gasteiger partial charge in [-0.1, -0.05) is 18.2 Å². The van der Waals surface area contributed by atoms with Crippen LogP contribution in [0.3, 0.4) is 0 Å². The van der Waals surface area contributed by atoms with E-state index in [9.17, 15) is 14.4 Å². The molecule has 0 bridgehead atoms. The molecule has 0 spiro atoms. The van der Waals surface area contributed by atoms with E-state index < -0.39 is 17.9 Å². The molecule has 2 amide bonds. The van der Waals surface area contributed by atoms with E-state index in [1.807, 2.05) is 6.07 Å². The number of nitrogens with one attached hydrogen (secondary N) is 1. The van der Waals surface area contributed by atoms with Gasteiger partial charge in [-0.15, -0.1) is 0 Å². The fourth-order valence-corrected chi connectivity index (χ4v) is 2.65.